The maximum Gasteiger partial charge on any atom is 0.176 e. The quantitative estimate of drug-likeness (QED) is 0.517. The van der Waals surface area contributed by atoms with E-state index in [4.69, 9.17) is 0 Å². The molecule has 0 aromatic heterocycles. The lowest BCUT2D eigenvalue weighted by atomic mass is 10.1. The minimum Gasteiger partial charge on any atom is -0.293 e. The van der Waals surface area contributed by atoms with Crippen LogP contribution < -0.4 is 0 Å². The van der Waals surface area contributed by atoms with E-state index in [-0.39, 0.29) is 5.78 Å². The number of hydrogen-bond acceptors (Lipinski definition) is 2. The number of nitrogens with zero attached hydrogens (tertiary/aromatic N) is 1. The third-order valence-electron chi connectivity index (χ3n) is 1.52. The lowest BCUT2D eigenvalue weighted by Gasteiger charge is -2.07. The fourth-order valence-corrected chi connectivity index (χ4v) is 0.995. The molecule has 0 aliphatic carbocycles. The second kappa shape index (κ2) is 2.76. The zero-order valence-corrected chi connectivity index (χ0v) is 5.68. The molecule has 1 heterocycles. The first-order valence-electron chi connectivity index (χ1n) is 3.41. The van der Waals surface area contributed by atoms with Crippen LogP contribution in [0.2, 0.25) is 0 Å². The number of carbonyl (C=O) groups is 1. The van der Waals surface area contributed by atoms with Crippen LogP contribution in [0.15, 0.2) is 4.99 Å². The Kier molecular flexibility index (Phi) is 1.98. The Labute approximate surface area is 55.0 Å². The van der Waals surface area contributed by atoms with E-state index in [1.807, 2.05) is 6.92 Å². The van der Waals surface area contributed by atoms with Gasteiger partial charge in [-0.05, 0) is 12.8 Å². The standard InChI is InChI=1S/C7H11NO/c1-2-6-7(9)4-3-5-8-6/h2-5H2,1H3. The van der Waals surface area contributed by atoms with Crippen LogP contribution in [0.4, 0.5) is 0 Å². The van der Waals surface area contributed by atoms with Gasteiger partial charge in [0.25, 0.3) is 0 Å². The smallest absolute Gasteiger partial charge is 0.176 e. The molecular weight excluding hydrogens is 114 g/mol. The Morgan fingerprint density at radius 1 is 1.67 bits per heavy atom. The van der Waals surface area contributed by atoms with Gasteiger partial charge in [-0.25, -0.2) is 0 Å². The van der Waals surface area contributed by atoms with Crippen molar-refractivity contribution in [2.24, 2.45) is 4.99 Å². The Hall–Kier alpha value is -0.660. The minimum atomic E-state index is 0.253. The van der Waals surface area contributed by atoms with Crippen molar-refractivity contribution in [1.29, 1.82) is 0 Å². The van der Waals surface area contributed by atoms with Crippen LogP contribution in [0.5, 0.6) is 0 Å². The Morgan fingerprint density at radius 2 is 2.44 bits per heavy atom. The maximum absolute atomic E-state index is 10.9. The number of rotatable bonds is 1. The summed E-state index contributed by atoms with van der Waals surface area (Å²) in [4.78, 5) is 15.0. The summed E-state index contributed by atoms with van der Waals surface area (Å²) in [7, 11) is 0. The van der Waals surface area contributed by atoms with Crippen LogP contribution in [-0.4, -0.2) is 18.0 Å². The number of Topliss-reactive ketones (excluding diaryl/α,β-unsaturated/α-hetero) is 1. The van der Waals surface area contributed by atoms with E-state index in [0.717, 1.165) is 25.1 Å². The normalized spacial score (nSPS) is 19.7. The van der Waals surface area contributed by atoms with Gasteiger partial charge in [-0.15, -0.1) is 0 Å². The molecule has 0 saturated carbocycles. The fourth-order valence-electron chi connectivity index (χ4n) is 0.995. The Morgan fingerprint density at radius 3 is 2.89 bits per heavy atom. The summed E-state index contributed by atoms with van der Waals surface area (Å²) < 4.78 is 0. The van der Waals surface area contributed by atoms with E-state index in [0.29, 0.717) is 6.42 Å². The summed E-state index contributed by atoms with van der Waals surface area (Å²) in [5.41, 5.74) is 0.793. The third kappa shape index (κ3) is 1.37. The molecule has 0 N–H and O–H groups in total. The van der Waals surface area contributed by atoms with Gasteiger partial charge in [0.2, 0.25) is 0 Å². The second-order valence-corrected chi connectivity index (χ2v) is 2.21. The number of ketones is 1. The molecule has 0 unspecified atom stereocenters. The van der Waals surface area contributed by atoms with Gasteiger partial charge in [0.05, 0.1) is 5.71 Å². The summed E-state index contributed by atoms with van der Waals surface area (Å²) in [6.07, 6.45) is 2.47. The van der Waals surface area contributed by atoms with E-state index in [9.17, 15) is 4.79 Å². The van der Waals surface area contributed by atoms with Gasteiger partial charge in [0, 0.05) is 13.0 Å². The van der Waals surface area contributed by atoms with Crippen LogP contribution in [0.3, 0.4) is 0 Å². The molecule has 0 aromatic rings. The van der Waals surface area contributed by atoms with Crippen molar-refractivity contribution in [3.05, 3.63) is 0 Å². The summed E-state index contributed by atoms with van der Waals surface area (Å²) in [5.74, 6) is 0.253. The zero-order chi connectivity index (χ0) is 6.69. The van der Waals surface area contributed by atoms with Crippen molar-refractivity contribution < 1.29 is 4.79 Å². The van der Waals surface area contributed by atoms with Crippen LogP contribution in [0.25, 0.3) is 0 Å². The zero-order valence-electron chi connectivity index (χ0n) is 5.68. The van der Waals surface area contributed by atoms with Gasteiger partial charge in [0.1, 0.15) is 0 Å². The van der Waals surface area contributed by atoms with Crippen molar-refractivity contribution in [1.82, 2.24) is 0 Å². The van der Waals surface area contributed by atoms with E-state index >= 15 is 0 Å². The first-order chi connectivity index (χ1) is 4.34. The largest absolute Gasteiger partial charge is 0.293 e. The van der Waals surface area contributed by atoms with E-state index in [1.165, 1.54) is 0 Å². The van der Waals surface area contributed by atoms with Crippen molar-refractivity contribution in [3.63, 3.8) is 0 Å². The van der Waals surface area contributed by atoms with Crippen LogP contribution >= 0.6 is 0 Å². The summed E-state index contributed by atoms with van der Waals surface area (Å²) in [6, 6.07) is 0. The first-order valence-corrected chi connectivity index (χ1v) is 3.41. The molecule has 1 aliphatic rings. The number of aliphatic imine (C=N–C) groups is 1. The van der Waals surface area contributed by atoms with Gasteiger partial charge in [0.15, 0.2) is 5.78 Å². The molecule has 0 radical (unpaired) electrons. The number of hydrogen-bond donors (Lipinski definition) is 0. The molecule has 0 saturated heterocycles. The molecule has 0 aromatic carbocycles. The topological polar surface area (TPSA) is 29.4 Å². The molecule has 0 bridgehead atoms. The van der Waals surface area contributed by atoms with Gasteiger partial charge in [-0.1, -0.05) is 6.92 Å². The molecule has 0 spiro atoms. The third-order valence-corrected chi connectivity index (χ3v) is 1.52. The van der Waals surface area contributed by atoms with Gasteiger partial charge >= 0.3 is 0 Å². The molecule has 2 heteroatoms. The van der Waals surface area contributed by atoms with Crippen molar-refractivity contribution >= 4 is 11.5 Å². The monoisotopic (exact) mass is 125 g/mol. The molecule has 1 rings (SSSR count). The molecular formula is C7H11NO. The van der Waals surface area contributed by atoms with Crippen LogP contribution in [0, 0.1) is 0 Å². The second-order valence-electron chi connectivity index (χ2n) is 2.21. The molecule has 50 valence electrons. The highest BCUT2D eigenvalue weighted by Gasteiger charge is 2.11. The highest BCUT2D eigenvalue weighted by Crippen LogP contribution is 2.03. The summed E-state index contributed by atoms with van der Waals surface area (Å²) >= 11 is 0. The molecule has 1 aliphatic heterocycles. The van der Waals surface area contributed by atoms with Crippen molar-refractivity contribution in [2.45, 2.75) is 26.2 Å². The van der Waals surface area contributed by atoms with Crippen molar-refractivity contribution in [2.75, 3.05) is 6.54 Å². The van der Waals surface area contributed by atoms with Gasteiger partial charge < -0.3 is 0 Å². The summed E-state index contributed by atoms with van der Waals surface area (Å²) in [5, 5.41) is 0. The lowest BCUT2D eigenvalue weighted by molar-refractivity contribution is -0.113. The van der Waals surface area contributed by atoms with Crippen LogP contribution in [-0.2, 0) is 4.79 Å². The SMILES string of the molecule is CCC1=NCCCC1=O. The highest BCUT2D eigenvalue weighted by atomic mass is 16.1. The molecule has 2 nitrogen and oxygen atoms in total. The predicted molar refractivity (Wildman–Crippen MR) is 36.8 cm³/mol. The molecule has 9 heavy (non-hydrogen) atoms. The fraction of sp³-hybridized carbons (Fsp3) is 0.714. The molecule has 0 atom stereocenters. The Balaban J connectivity index is 2.64. The van der Waals surface area contributed by atoms with Gasteiger partial charge in [-0.3, -0.25) is 9.79 Å². The van der Waals surface area contributed by atoms with E-state index in [2.05, 4.69) is 4.99 Å². The minimum absolute atomic E-state index is 0.253. The molecule has 0 amide bonds. The van der Waals surface area contributed by atoms with Crippen LogP contribution in [0.1, 0.15) is 26.2 Å². The van der Waals surface area contributed by atoms with Crippen molar-refractivity contribution in [3.8, 4) is 0 Å². The van der Waals surface area contributed by atoms with E-state index in [1.54, 1.807) is 0 Å². The lowest BCUT2D eigenvalue weighted by Crippen LogP contribution is -2.17. The van der Waals surface area contributed by atoms with Gasteiger partial charge in [-0.2, -0.15) is 0 Å². The van der Waals surface area contributed by atoms with E-state index < -0.39 is 0 Å². The predicted octanol–water partition coefficient (Wildman–Crippen LogP) is 1.20. The first kappa shape index (κ1) is 6.46. The Bertz CT molecular complexity index is 149. The average molecular weight is 125 g/mol. The maximum atomic E-state index is 10.9. The molecule has 0 fully saturated rings. The average Bonchev–Trinajstić information content (AvgIpc) is 1.89. The highest BCUT2D eigenvalue weighted by molar-refractivity contribution is 6.40. The summed E-state index contributed by atoms with van der Waals surface area (Å²) in [6.45, 7) is 2.83. The number of carbonyl (C=O) groups excluding carboxylic acids is 1.